The van der Waals surface area contributed by atoms with Crippen molar-refractivity contribution in [3.8, 4) is 0 Å². The average molecular weight is 312 g/mol. The van der Waals surface area contributed by atoms with Gasteiger partial charge < -0.3 is 11.1 Å². The van der Waals surface area contributed by atoms with Crippen LogP contribution in [-0.2, 0) is 0 Å². The topological polar surface area (TPSA) is 38.0 Å². The van der Waals surface area contributed by atoms with E-state index in [1.165, 1.54) is 32.3 Å². The number of hydrogen-bond donors (Lipinski definition) is 2. The molecule has 4 aromatic rings. The molecule has 3 N–H and O–H groups in total. The first-order valence-corrected chi connectivity index (χ1v) is 8.30. The lowest BCUT2D eigenvalue weighted by molar-refractivity contribution is 1.23. The summed E-state index contributed by atoms with van der Waals surface area (Å²) < 4.78 is 0. The van der Waals surface area contributed by atoms with Gasteiger partial charge in [-0.2, -0.15) is 0 Å². The van der Waals surface area contributed by atoms with E-state index in [9.17, 15) is 0 Å². The Morgan fingerprint density at radius 2 is 1.50 bits per heavy atom. The zero-order valence-electron chi connectivity index (χ0n) is 13.5. The van der Waals surface area contributed by atoms with Gasteiger partial charge in [0.25, 0.3) is 0 Å². The molecule has 0 fully saturated rings. The molecule has 0 unspecified atom stereocenters. The summed E-state index contributed by atoms with van der Waals surface area (Å²) in [4.78, 5) is 0. The van der Waals surface area contributed by atoms with Crippen LogP contribution >= 0.6 is 0 Å². The van der Waals surface area contributed by atoms with E-state index in [-0.39, 0.29) is 0 Å². The van der Waals surface area contributed by atoms with Crippen molar-refractivity contribution in [2.24, 2.45) is 5.73 Å². The minimum atomic E-state index is 0.576. The normalized spacial score (nSPS) is 11.7. The van der Waals surface area contributed by atoms with Gasteiger partial charge in [-0.3, -0.25) is 0 Å². The highest BCUT2D eigenvalue weighted by Gasteiger charge is 2.06. The van der Waals surface area contributed by atoms with Gasteiger partial charge in [-0.15, -0.1) is 0 Å². The fraction of sp³-hybridized carbons (Fsp3) is 0.0909. The summed E-state index contributed by atoms with van der Waals surface area (Å²) in [6.07, 6.45) is 4.04. The summed E-state index contributed by atoms with van der Waals surface area (Å²) in [6.45, 7) is 1.35. The Hall–Kier alpha value is -2.84. The Morgan fingerprint density at radius 1 is 0.750 bits per heavy atom. The van der Waals surface area contributed by atoms with Gasteiger partial charge in [-0.05, 0) is 45.1 Å². The number of nitrogens with one attached hydrogen (secondary N) is 1. The third-order valence-corrected chi connectivity index (χ3v) is 4.44. The van der Waals surface area contributed by atoms with Crippen molar-refractivity contribution < 1.29 is 0 Å². The van der Waals surface area contributed by atoms with E-state index in [1.54, 1.807) is 0 Å². The predicted octanol–water partition coefficient (Wildman–Crippen LogP) is 5.07. The lowest BCUT2D eigenvalue weighted by atomic mass is 9.97. The Balaban J connectivity index is 1.94. The lowest BCUT2D eigenvalue weighted by Gasteiger charge is -2.12. The van der Waals surface area contributed by atoms with Gasteiger partial charge in [0, 0.05) is 24.2 Å². The van der Waals surface area contributed by atoms with Gasteiger partial charge in [0.2, 0.25) is 0 Å². The second-order valence-corrected chi connectivity index (χ2v) is 5.98. The molecule has 4 aromatic carbocycles. The van der Waals surface area contributed by atoms with Crippen molar-refractivity contribution in [3.05, 3.63) is 78.9 Å². The first-order valence-electron chi connectivity index (χ1n) is 8.30. The summed E-state index contributed by atoms with van der Waals surface area (Å²) in [7, 11) is 0. The molecule has 4 rings (SSSR count). The smallest absolute Gasteiger partial charge is 0.0428 e. The average Bonchev–Trinajstić information content (AvgIpc) is 2.63. The highest BCUT2D eigenvalue weighted by Crippen LogP contribution is 2.33. The van der Waals surface area contributed by atoms with Crippen LogP contribution in [0.2, 0.25) is 0 Å². The molecule has 0 aliphatic rings. The van der Waals surface area contributed by atoms with Gasteiger partial charge in [-0.1, -0.05) is 60.7 Å². The van der Waals surface area contributed by atoms with Crippen LogP contribution in [0, 0.1) is 0 Å². The minimum Gasteiger partial charge on any atom is -0.381 e. The summed E-state index contributed by atoms with van der Waals surface area (Å²) in [6, 6.07) is 23.9. The van der Waals surface area contributed by atoms with Crippen LogP contribution in [-0.4, -0.2) is 13.1 Å². The second-order valence-electron chi connectivity index (χ2n) is 5.98. The molecule has 0 aliphatic carbocycles. The fourth-order valence-corrected chi connectivity index (χ4v) is 3.30. The van der Waals surface area contributed by atoms with Gasteiger partial charge in [0.15, 0.2) is 0 Å². The van der Waals surface area contributed by atoms with Crippen molar-refractivity contribution in [3.63, 3.8) is 0 Å². The van der Waals surface area contributed by atoms with Crippen molar-refractivity contribution in [2.75, 3.05) is 18.4 Å². The molecule has 0 radical (unpaired) electrons. The van der Waals surface area contributed by atoms with E-state index in [0.29, 0.717) is 6.54 Å². The quantitative estimate of drug-likeness (QED) is 0.313. The van der Waals surface area contributed by atoms with E-state index >= 15 is 0 Å². The molecular formula is C22H20N2. The number of hydrogen-bond acceptors (Lipinski definition) is 2. The van der Waals surface area contributed by atoms with Crippen molar-refractivity contribution in [1.82, 2.24) is 0 Å². The molecule has 2 heteroatoms. The Bertz CT molecular complexity index is 1050. The van der Waals surface area contributed by atoms with Crippen molar-refractivity contribution in [1.29, 1.82) is 0 Å². The number of benzene rings is 4. The highest BCUT2D eigenvalue weighted by atomic mass is 14.9. The summed E-state index contributed by atoms with van der Waals surface area (Å²) >= 11 is 0. The van der Waals surface area contributed by atoms with Gasteiger partial charge >= 0.3 is 0 Å². The monoisotopic (exact) mass is 312 g/mol. The Kier molecular flexibility index (Phi) is 3.89. The molecule has 118 valence electrons. The molecule has 0 atom stereocenters. The maximum Gasteiger partial charge on any atom is 0.0428 e. The van der Waals surface area contributed by atoms with Crippen molar-refractivity contribution in [2.45, 2.75) is 0 Å². The molecule has 2 nitrogen and oxygen atoms in total. The molecule has 0 amide bonds. The third kappa shape index (κ3) is 2.61. The van der Waals surface area contributed by atoms with Crippen LogP contribution in [0.5, 0.6) is 0 Å². The molecular weight excluding hydrogens is 292 g/mol. The van der Waals surface area contributed by atoms with Crippen LogP contribution < -0.4 is 11.1 Å². The molecule has 24 heavy (non-hydrogen) atoms. The summed E-state index contributed by atoms with van der Waals surface area (Å²) in [5.41, 5.74) is 6.67. The maximum atomic E-state index is 5.51. The largest absolute Gasteiger partial charge is 0.381 e. The molecule has 0 aromatic heterocycles. The minimum absolute atomic E-state index is 0.576. The van der Waals surface area contributed by atoms with Gasteiger partial charge in [0.05, 0.1) is 0 Å². The van der Waals surface area contributed by atoms with E-state index in [1.807, 2.05) is 6.08 Å². The lowest BCUT2D eigenvalue weighted by Crippen LogP contribution is -2.01. The van der Waals surface area contributed by atoms with Crippen molar-refractivity contribution >= 4 is 38.0 Å². The van der Waals surface area contributed by atoms with E-state index in [2.05, 4.69) is 78.1 Å². The predicted molar refractivity (Wildman–Crippen MR) is 106 cm³/mol. The number of rotatable bonds is 4. The highest BCUT2D eigenvalue weighted by molar-refractivity contribution is 6.16. The number of anilines is 1. The van der Waals surface area contributed by atoms with Gasteiger partial charge in [-0.25, -0.2) is 0 Å². The Labute approximate surface area is 141 Å². The summed E-state index contributed by atoms with van der Waals surface area (Å²) in [5, 5.41) is 11.2. The molecule has 0 bridgehead atoms. The zero-order chi connectivity index (χ0) is 16.4. The Morgan fingerprint density at radius 3 is 2.33 bits per heavy atom. The fourth-order valence-electron chi connectivity index (χ4n) is 3.30. The molecule has 0 heterocycles. The molecule has 0 saturated carbocycles. The van der Waals surface area contributed by atoms with Crippen LogP contribution in [0.4, 0.5) is 5.69 Å². The van der Waals surface area contributed by atoms with Crippen LogP contribution in [0.25, 0.3) is 32.3 Å². The first kappa shape index (κ1) is 14.7. The summed E-state index contributed by atoms with van der Waals surface area (Å²) in [5.74, 6) is 0. The SMILES string of the molecule is NCC=CCNc1cccc2ccc3cc4ccccc4cc3c12. The van der Waals surface area contributed by atoms with Gasteiger partial charge in [0.1, 0.15) is 0 Å². The standard InChI is InChI=1S/C22H20N2/c23-12-3-4-13-24-21-9-5-8-16-10-11-19-14-17-6-1-2-7-18(17)15-20(19)22(16)21/h1-11,14-15,24H,12-13,23H2. The molecule has 0 aliphatic heterocycles. The van der Waals surface area contributed by atoms with Crippen LogP contribution in [0.1, 0.15) is 0 Å². The van der Waals surface area contributed by atoms with E-state index in [4.69, 9.17) is 5.73 Å². The van der Waals surface area contributed by atoms with Crippen LogP contribution in [0.15, 0.2) is 78.9 Å². The maximum absolute atomic E-state index is 5.51. The number of fused-ring (bicyclic) bond motifs is 4. The third-order valence-electron chi connectivity index (χ3n) is 4.44. The van der Waals surface area contributed by atoms with E-state index in [0.717, 1.165) is 12.2 Å². The van der Waals surface area contributed by atoms with Crippen LogP contribution in [0.3, 0.4) is 0 Å². The second kappa shape index (κ2) is 6.34. The zero-order valence-corrected chi connectivity index (χ0v) is 13.5. The molecule has 0 saturated heterocycles. The number of nitrogens with two attached hydrogens (primary N) is 1. The van der Waals surface area contributed by atoms with E-state index < -0.39 is 0 Å². The first-order chi connectivity index (χ1) is 11.9. The molecule has 0 spiro atoms.